The van der Waals surface area contributed by atoms with Crippen LogP contribution in [0.25, 0.3) is 0 Å². The molecule has 2 bridgehead atoms. The van der Waals surface area contributed by atoms with Gasteiger partial charge in [0.05, 0.1) is 6.54 Å². The summed E-state index contributed by atoms with van der Waals surface area (Å²) in [4.78, 5) is 43.1. The number of hydrogen-bond donors (Lipinski definition) is 3. The van der Waals surface area contributed by atoms with Crippen molar-refractivity contribution in [2.24, 2.45) is 4.99 Å². The van der Waals surface area contributed by atoms with Gasteiger partial charge in [0.25, 0.3) is 0 Å². The molecule has 0 aliphatic carbocycles. The number of halogens is 1. The molecule has 3 N–H and O–H groups in total. The lowest BCUT2D eigenvalue weighted by Gasteiger charge is -2.40. The first kappa shape index (κ1) is 24.5. The molecule has 3 saturated heterocycles. The molecule has 3 heterocycles. The van der Waals surface area contributed by atoms with E-state index in [1.165, 1.54) is 4.90 Å². The van der Waals surface area contributed by atoms with E-state index in [-0.39, 0.29) is 73.2 Å². The first-order valence-corrected chi connectivity index (χ1v) is 10.2. The summed E-state index contributed by atoms with van der Waals surface area (Å²) in [5, 5.41) is 9.08. The van der Waals surface area contributed by atoms with Crippen LogP contribution in [0.4, 0.5) is 9.59 Å². The normalized spacial score (nSPS) is 26.3. The molecule has 10 nitrogen and oxygen atoms in total. The molecule has 0 radical (unpaired) electrons. The highest BCUT2D eigenvalue weighted by Crippen LogP contribution is 2.36. The second-order valence-electron chi connectivity index (χ2n) is 8.79. The van der Waals surface area contributed by atoms with E-state index in [0.717, 1.165) is 25.7 Å². The van der Waals surface area contributed by atoms with Crippen LogP contribution in [-0.4, -0.2) is 84.2 Å². The van der Waals surface area contributed by atoms with Crippen LogP contribution in [0.5, 0.6) is 0 Å². The number of ether oxygens (including phenoxy) is 1. The summed E-state index contributed by atoms with van der Waals surface area (Å²) in [5.41, 5.74) is -0.495. The van der Waals surface area contributed by atoms with E-state index in [4.69, 9.17) is 4.74 Å². The Kier molecular flexibility index (Phi) is 8.17. The standard InChI is InChI=1S/C19H32N6O4.HI/c1-19(2,3)29-18(28)25-13-5-6-14(25)10-12(9-13)23-16(20-4)21-7-8-24-15(26)11-22-17(24)27;/h12-14H,5-11H2,1-4H3,(H,22,27)(H2,20,21,23);1H. The summed E-state index contributed by atoms with van der Waals surface area (Å²) in [5.74, 6) is 0.415. The van der Waals surface area contributed by atoms with Gasteiger partial charge >= 0.3 is 12.1 Å². The zero-order valence-electron chi connectivity index (χ0n) is 18.1. The Labute approximate surface area is 194 Å². The number of carbonyl (C=O) groups is 3. The molecule has 30 heavy (non-hydrogen) atoms. The fourth-order valence-corrected chi connectivity index (χ4v) is 4.26. The number of carbonyl (C=O) groups excluding carboxylic acids is 3. The average Bonchev–Trinajstić information content (AvgIpc) is 3.09. The van der Waals surface area contributed by atoms with Crippen LogP contribution in [0.15, 0.2) is 4.99 Å². The highest BCUT2D eigenvalue weighted by atomic mass is 127. The lowest BCUT2D eigenvalue weighted by molar-refractivity contribution is -0.124. The number of urea groups is 1. The van der Waals surface area contributed by atoms with Crippen molar-refractivity contribution in [2.45, 2.75) is 70.2 Å². The smallest absolute Gasteiger partial charge is 0.410 e. The van der Waals surface area contributed by atoms with Crippen molar-refractivity contribution in [1.82, 2.24) is 25.8 Å². The summed E-state index contributed by atoms with van der Waals surface area (Å²) in [7, 11) is 1.69. The van der Waals surface area contributed by atoms with Gasteiger partial charge in [-0.1, -0.05) is 0 Å². The van der Waals surface area contributed by atoms with Gasteiger partial charge in [-0.3, -0.25) is 14.7 Å². The Hall–Kier alpha value is -1.79. The van der Waals surface area contributed by atoms with Crippen LogP contribution in [-0.2, 0) is 9.53 Å². The van der Waals surface area contributed by atoms with Crippen LogP contribution in [0.1, 0.15) is 46.5 Å². The van der Waals surface area contributed by atoms with Gasteiger partial charge in [0, 0.05) is 38.3 Å². The molecule has 0 aromatic carbocycles. The number of aliphatic imine (C=N–C) groups is 1. The van der Waals surface area contributed by atoms with Gasteiger partial charge in [-0.2, -0.15) is 0 Å². The Balaban J connectivity index is 0.00000320. The van der Waals surface area contributed by atoms with E-state index >= 15 is 0 Å². The minimum atomic E-state index is -0.495. The number of hydrogen-bond acceptors (Lipinski definition) is 5. The summed E-state index contributed by atoms with van der Waals surface area (Å²) in [6.45, 7) is 6.42. The van der Waals surface area contributed by atoms with Crippen molar-refractivity contribution in [3.05, 3.63) is 0 Å². The average molecular weight is 536 g/mol. The number of nitrogens with one attached hydrogen (secondary N) is 3. The lowest BCUT2D eigenvalue weighted by Crippen LogP contribution is -2.55. The van der Waals surface area contributed by atoms with E-state index in [1.54, 1.807) is 7.05 Å². The van der Waals surface area contributed by atoms with Crippen molar-refractivity contribution in [3.8, 4) is 0 Å². The molecule has 0 spiro atoms. The van der Waals surface area contributed by atoms with Gasteiger partial charge < -0.3 is 25.6 Å². The van der Waals surface area contributed by atoms with E-state index in [9.17, 15) is 14.4 Å². The fraction of sp³-hybridized carbons (Fsp3) is 0.789. The number of amides is 4. The molecule has 0 aromatic heterocycles. The van der Waals surface area contributed by atoms with Crippen molar-refractivity contribution in [1.29, 1.82) is 0 Å². The topological polar surface area (TPSA) is 115 Å². The first-order valence-electron chi connectivity index (χ1n) is 10.2. The molecule has 3 fully saturated rings. The highest BCUT2D eigenvalue weighted by molar-refractivity contribution is 14.0. The van der Waals surface area contributed by atoms with E-state index in [1.807, 2.05) is 25.7 Å². The second-order valence-corrected chi connectivity index (χ2v) is 8.79. The van der Waals surface area contributed by atoms with Crippen molar-refractivity contribution in [3.63, 3.8) is 0 Å². The quantitative estimate of drug-likeness (QED) is 0.216. The Morgan fingerprint density at radius 1 is 1.23 bits per heavy atom. The first-order chi connectivity index (χ1) is 13.7. The number of piperidine rings is 1. The maximum absolute atomic E-state index is 12.6. The van der Waals surface area contributed by atoms with Crippen molar-refractivity contribution in [2.75, 3.05) is 26.7 Å². The van der Waals surface area contributed by atoms with Crippen LogP contribution < -0.4 is 16.0 Å². The highest BCUT2D eigenvalue weighted by Gasteiger charge is 2.45. The Morgan fingerprint density at radius 2 is 1.87 bits per heavy atom. The van der Waals surface area contributed by atoms with Gasteiger partial charge in [-0.25, -0.2) is 9.59 Å². The van der Waals surface area contributed by atoms with Gasteiger partial charge in [-0.05, 0) is 46.5 Å². The molecule has 11 heteroatoms. The third kappa shape index (κ3) is 5.88. The lowest BCUT2D eigenvalue weighted by atomic mass is 9.98. The number of fused-ring (bicyclic) bond motifs is 2. The Bertz CT molecular complexity index is 665. The summed E-state index contributed by atoms with van der Waals surface area (Å²) in [6, 6.07) is 0.190. The van der Waals surface area contributed by atoms with Gasteiger partial charge in [0.2, 0.25) is 5.91 Å². The molecule has 3 rings (SSSR count). The molecule has 3 aliphatic heterocycles. The van der Waals surface area contributed by atoms with Gasteiger partial charge in [0.15, 0.2) is 5.96 Å². The zero-order chi connectivity index (χ0) is 21.2. The molecule has 2 atom stereocenters. The van der Waals surface area contributed by atoms with E-state index in [2.05, 4.69) is 20.9 Å². The minimum absolute atomic E-state index is 0. The largest absolute Gasteiger partial charge is 0.444 e. The number of imide groups is 1. The summed E-state index contributed by atoms with van der Waals surface area (Å²) in [6.07, 6.45) is 3.42. The molecule has 0 aromatic rings. The molecular formula is C19H33IN6O4. The van der Waals surface area contributed by atoms with Crippen molar-refractivity contribution >= 4 is 48.0 Å². The Morgan fingerprint density at radius 3 is 2.37 bits per heavy atom. The van der Waals surface area contributed by atoms with Crippen LogP contribution in [0, 0.1) is 0 Å². The molecule has 4 amide bonds. The monoisotopic (exact) mass is 536 g/mol. The number of nitrogens with zero attached hydrogens (tertiary/aromatic N) is 3. The maximum Gasteiger partial charge on any atom is 0.410 e. The molecule has 3 aliphatic rings. The van der Waals surface area contributed by atoms with Crippen LogP contribution >= 0.6 is 24.0 Å². The van der Waals surface area contributed by atoms with Crippen LogP contribution in [0.2, 0.25) is 0 Å². The summed E-state index contributed by atoms with van der Waals surface area (Å²) < 4.78 is 5.58. The van der Waals surface area contributed by atoms with Gasteiger partial charge in [-0.15, -0.1) is 24.0 Å². The van der Waals surface area contributed by atoms with E-state index < -0.39 is 5.60 Å². The number of guanidine groups is 1. The fourth-order valence-electron chi connectivity index (χ4n) is 4.26. The molecular weight excluding hydrogens is 503 g/mol. The molecule has 170 valence electrons. The van der Waals surface area contributed by atoms with Gasteiger partial charge in [0.1, 0.15) is 5.60 Å². The maximum atomic E-state index is 12.6. The molecule has 0 saturated carbocycles. The number of rotatable bonds is 4. The third-order valence-electron chi connectivity index (χ3n) is 5.47. The summed E-state index contributed by atoms with van der Waals surface area (Å²) >= 11 is 0. The predicted molar refractivity (Wildman–Crippen MR) is 123 cm³/mol. The van der Waals surface area contributed by atoms with Crippen LogP contribution in [0.3, 0.4) is 0 Å². The third-order valence-corrected chi connectivity index (χ3v) is 5.47. The predicted octanol–water partition coefficient (Wildman–Crippen LogP) is 1.25. The zero-order valence-corrected chi connectivity index (χ0v) is 20.4. The van der Waals surface area contributed by atoms with E-state index in [0.29, 0.717) is 12.5 Å². The van der Waals surface area contributed by atoms with Crippen molar-refractivity contribution < 1.29 is 19.1 Å². The minimum Gasteiger partial charge on any atom is -0.444 e. The second kappa shape index (κ2) is 10.0. The molecule has 2 unspecified atom stereocenters. The SMILES string of the molecule is CN=C(NCCN1C(=O)CNC1=O)NC1CC2CCC(C1)N2C(=O)OC(C)(C)C.I.